The van der Waals surface area contributed by atoms with E-state index in [0.29, 0.717) is 25.9 Å². The van der Waals surface area contributed by atoms with Crippen LogP contribution >= 0.6 is 0 Å². The SMILES string of the molecule is O=C(Nc1ccccc1)C1CCCN(C(=O)C2=CC=CN3CCS(=O)(=O)N=C23)C1. The highest BCUT2D eigenvalue weighted by atomic mass is 32.2. The van der Waals surface area contributed by atoms with Crippen molar-refractivity contribution in [1.82, 2.24) is 9.80 Å². The molecule has 3 aliphatic heterocycles. The van der Waals surface area contributed by atoms with Gasteiger partial charge in [0.2, 0.25) is 5.91 Å². The Balaban J connectivity index is 1.49. The van der Waals surface area contributed by atoms with Crippen LogP contribution in [0.25, 0.3) is 0 Å². The molecule has 152 valence electrons. The molecule has 0 aromatic heterocycles. The molecule has 8 nitrogen and oxygen atoms in total. The largest absolute Gasteiger partial charge is 0.338 e. The third-order valence-corrected chi connectivity index (χ3v) is 6.36. The van der Waals surface area contributed by atoms with E-state index < -0.39 is 10.0 Å². The van der Waals surface area contributed by atoms with Crippen LogP contribution in [0.2, 0.25) is 0 Å². The van der Waals surface area contributed by atoms with E-state index in [9.17, 15) is 18.0 Å². The number of amides is 2. The molecule has 1 saturated heterocycles. The van der Waals surface area contributed by atoms with Gasteiger partial charge in [0, 0.05) is 31.5 Å². The van der Waals surface area contributed by atoms with Crippen LogP contribution in [-0.4, -0.2) is 61.3 Å². The first-order valence-electron chi connectivity index (χ1n) is 9.56. The molecule has 29 heavy (non-hydrogen) atoms. The number of carbonyl (C=O) groups excluding carboxylic acids is 2. The van der Waals surface area contributed by atoms with E-state index in [0.717, 1.165) is 5.69 Å². The number of piperidine rings is 1. The molecular weight excluding hydrogens is 392 g/mol. The van der Waals surface area contributed by atoms with Gasteiger partial charge in [-0.1, -0.05) is 18.2 Å². The molecule has 0 aliphatic carbocycles. The van der Waals surface area contributed by atoms with Gasteiger partial charge in [-0.15, -0.1) is 4.40 Å². The predicted octanol–water partition coefficient (Wildman–Crippen LogP) is 1.36. The highest BCUT2D eigenvalue weighted by Gasteiger charge is 2.35. The predicted molar refractivity (Wildman–Crippen MR) is 110 cm³/mol. The summed E-state index contributed by atoms with van der Waals surface area (Å²) in [5, 5.41) is 2.89. The zero-order valence-electron chi connectivity index (χ0n) is 15.8. The van der Waals surface area contributed by atoms with Gasteiger partial charge in [-0.05, 0) is 37.1 Å². The molecule has 1 N–H and O–H groups in total. The average Bonchev–Trinajstić information content (AvgIpc) is 2.73. The molecule has 4 rings (SSSR count). The van der Waals surface area contributed by atoms with E-state index in [1.807, 2.05) is 30.3 Å². The smallest absolute Gasteiger partial charge is 0.257 e. The quantitative estimate of drug-likeness (QED) is 0.805. The molecule has 1 aromatic carbocycles. The summed E-state index contributed by atoms with van der Waals surface area (Å²) < 4.78 is 27.7. The summed E-state index contributed by atoms with van der Waals surface area (Å²) in [6, 6.07) is 9.21. The molecule has 1 fully saturated rings. The molecule has 9 heteroatoms. The molecule has 2 amide bonds. The number of hydrogen-bond acceptors (Lipinski definition) is 5. The highest BCUT2D eigenvalue weighted by molar-refractivity contribution is 7.90. The number of para-hydroxylation sites is 1. The van der Waals surface area contributed by atoms with Gasteiger partial charge in [0.1, 0.15) is 0 Å². The number of nitrogens with zero attached hydrogens (tertiary/aromatic N) is 3. The Bertz CT molecular complexity index is 1010. The molecular formula is C20H22N4O4S. The van der Waals surface area contributed by atoms with Crippen molar-refractivity contribution in [3.8, 4) is 0 Å². The van der Waals surface area contributed by atoms with Crippen molar-refractivity contribution in [2.24, 2.45) is 10.3 Å². The number of sulfonamides is 1. The monoisotopic (exact) mass is 414 g/mol. The molecule has 3 heterocycles. The Morgan fingerprint density at radius 1 is 1.14 bits per heavy atom. The van der Waals surface area contributed by atoms with Crippen molar-refractivity contribution in [2.45, 2.75) is 12.8 Å². The maximum absolute atomic E-state index is 13.1. The van der Waals surface area contributed by atoms with Gasteiger partial charge >= 0.3 is 0 Å². The van der Waals surface area contributed by atoms with Crippen LogP contribution in [0.4, 0.5) is 5.69 Å². The van der Waals surface area contributed by atoms with Crippen LogP contribution in [0.15, 0.2) is 58.7 Å². The van der Waals surface area contributed by atoms with E-state index in [1.165, 1.54) is 0 Å². The first-order valence-corrected chi connectivity index (χ1v) is 11.2. The lowest BCUT2D eigenvalue weighted by atomic mass is 9.96. The number of carbonyl (C=O) groups is 2. The standard InChI is InChI=1S/C20H22N4O4S/c25-19(21-16-7-2-1-3-8-16)15-6-4-11-24(14-15)20(26)17-9-5-10-23-12-13-29(27,28)22-18(17)23/h1-3,5,7-10,15H,4,6,11-14H2,(H,21,25). The van der Waals surface area contributed by atoms with Crippen molar-refractivity contribution in [2.75, 3.05) is 30.7 Å². The van der Waals surface area contributed by atoms with Gasteiger partial charge in [-0.3, -0.25) is 9.59 Å². The number of allylic oxidation sites excluding steroid dienone is 2. The first kappa shape index (κ1) is 19.4. The Labute approximate surface area is 169 Å². The van der Waals surface area contributed by atoms with Crippen LogP contribution in [0.5, 0.6) is 0 Å². The summed E-state index contributed by atoms with van der Waals surface area (Å²) in [5.74, 6) is -0.647. The fourth-order valence-corrected chi connectivity index (χ4v) is 4.68. The summed E-state index contributed by atoms with van der Waals surface area (Å²) in [5.41, 5.74) is 0.971. The van der Waals surface area contributed by atoms with E-state index in [-0.39, 0.29) is 41.4 Å². The van der Waals surface area contributed by atoms with Crippen molar-refractivity contribution in [1.29, 1.82) is 0 Å². The maximum atomic E-state index is 13.1. The van der Waals surface area contributed by atoms with Gasteiger partial charge < -0.3 is 15.1 Å². The first-order chi connectivity index (χ1) is 13.9. The fourth-order valence-electron chi connectivity index (χ4n) is 3.69. The number of nitrogens with one attached hydrogen (secondary N) is 1. The Hall–Kier alpha value is -2.94. The second kappa shape index (κ2) is 7.82. The maximum Gasteiger partial charge on any atom is 0.257 e. The zero-order valence-corrected chi connectivity index (χ0v) is 16.6. The van der Waals surface area contributed by atoms with E-state index in [4.69, 9.17) is 0 Å². The summed E-state index contributed by atoms with van der Waals surface area (Å²) in [6.45, 7) is 1.08. The summed E-state index contributed by atoms with van der Waals surface area (Å²) >= 11 is 0. The number of hydrogen-bond donors (Lipinski definition) is 1. The molecule has 1 unspecified atom stereocenters. The number of rotatable bonds is 3. The number of benzene rings is 1. The minimum absolute atomic E-state index is 0.0756. The normalized spacial score (nSPS) is 23.0. The average molecular weight is 414 g/mol. The number of anilines is 1. The Morgan fingerprint density at radius 2 is 1.93 bits per heavy atom. The van der Waals surface area contributed by atoms with Crippen molar-refractivity contribution < 1.29 is 18.0 Å². The van der Waals surface area contributed by atoms with E-state index in [2.05, 4.69) is 9.71 Å². The van der Waals surface area contributed by atoms with Gasteiger partial charge in [0.05, 0.1) is 17.2 Å². The van der Waals surface area contributed by atoms with Crippen LogP contribution in [0.1, 0.15) is 12.8 Å². The minimum Gasteiger partial charge on any atom is -0.338 e. The number of amidine groups is 1. The van der Waals surface area contributed by atoms with E-state index >= 15 is 0 Å². The minimum atomic E-state index is -3.57. The van der Waals surface area contributed by atoms with Gasteiger partial charge in [0.15, 0.2) is 5.84 Å². The third-order valence-electron chi connectivity index (χ3n) is 5.21. The van der Waals surface area contributed by atoms with Gasteiger partial charge in [-0.25, -0.2) is 8.42 Å². The lowest BCUT2D eigenvalue weighted by molar-refractivity contribution is -0.130. The molecule has 0 saturated carbocycles. The van der Waals surface area contributed by atoms with Crippen LogP contribution in [0, 0.1) is 5.92 Å². The molecule has 0 spiro atoms. The topological polar surface area (TPSA) is 99.1 Å². The molecule has 1 atom stereocenters. The summed E-state index contributed by atoms with van der Waals surface area (Å²) in [7, 11) is -3.57. The lowest BCUT2D eigenvalue weighted by Gasteiger charge is -2.35. The number of fused-ring (bicyclic) bond motifs is 1. The summed E-state index contributed by atoms with van der Waals surface area (Å²) in [6.07, 6.45) is 6.43. The van der Waals surface area contributed by atoms with Gasteiger partial charge in [-0.2, -0.15) is 0 Å². The zero-order chi connectivity index (χ0) is 20.4. The molecule has 1 aromatic rings. The second-order valence-corrected chi connectivity index (χ2v) is 9.02. The fraction of sp³-hybridized carbons (Fsp3) is 0.350. The molecule has 0 radical (unpaired) electrons. The van der Waals surface area contributed by atoms with E-state index in [1.54, 1.807) is 28.2 Å². The molecule has 0 bridgehead atoms. The Morgan fingerprint density at radius 3 is 2.72 bits per heavy atom. The summed E-state index contributed by atoms with van der Waals surface area (Å²) in [4.78, 5) is 29.1. The van der Waals surface area contributed by atoms with Crippen LogP contribution in [0.3, 0.4) is 0 Å². The third kappa shape index (κ3) is 4.24. The van der Waals surface area contributed by atoms with Crippen LogP contribution in [-0.2, 0) is 19.6 Å². The van der Waals surface area contributed by atoms with Crippen molar-refractivity contribution in [3.05, 3.63) is 54.3 Å². The lowest BCUT2D eigenvalue weighted by Crippen LogP contribution is -2.47. The second-order valence-electron chi connectivity index (χ2n) is 7.26. The van der Waals surface area contributed by atoms with Gasteiger partial charge in [0.25, 0.3) is 15.9 Å². The van der Waals surface area contributed by atoms with Crippen molar-refractivity contribution >= 4 is 33.4 Å². The highest BCUT2D eigenvalue weighted by Crippen LogP contribution is 2.24. The van der Waals surface area contributed by atoms with Crippen LogP contribution < -0.4 is 5.32 Å². The molecule has 3 aliphatic rings. The van der Waals surface area contributed by atoms with Crippen molar-refractivity contribution in [3.63, 3.8) is 0 Å². The Kier molecular flexibility index (Phi) is 5.23. The number of likely N-dealkylation sites (tertiary alicyclic amines) is 1.